The molecule has 0 spiro atoms. The molecule has 2 atom stereocenters. The first-order chi connectivity index (χ1) is 9.99. The van der Waals surface area contributed by atoms with Gasteiger partial charge >= 0.3 is 0 Å². The molecule has 21 heavy (non-hydrogen) atoms. The summed E-state index contributed by atoms with van der Waals surface area (Å²) < 4.78 is 18.8. The van der Waals surface area contributed by atoms with Gasteiger partial charge in [0.1, 0.15) is 5.82 Å². The molecule has 0 amide bonds. The molecule has 0 heterocycles. The number of halogens is 1. The number of ether oxygens (including phenoxy) is 1. The van der Waals surface area contributed by atoms with Crippen molar-refractivity contribution in [2.24, 2.45) is 5.73 Å². The maximum atomic E-state index is 13.6. The molecule has 1 aromatic carbocycles. The molecular formula is C17H29FN2O. The highest BCUT2D eigenvalue weighted by Crippen LogP contribution is 2.18. The molecular weight excluding hydrogens is 267 g/mol. The SMILES string of the molecule is CCC(C)N(CCOC)CCC(N)c1ccc(C)c(F)c1. The average molecular weight is 296 g/mol. The predicted molar refractivity (Wildman–Crippen MR) is 85.9 cm³/mol. The highest BCUT2D eigenvalue weighted by Gasteiger charge is 2.15. The van der Waals surface area contributed by atoms with Crippen LogP contribution in [0.3, 0.4) is 0 Å². The van der Waals surface area contributed by atoms with Crippen molar-refractivity contribution >= 4 is 0 Å². The summed E-state index contributed by atoms with van der Waals surface area (Å²) in [5, 5.41) is 0. The molecule has 4 heteroatoms. The molecule has 0 bridgehead atoms. The molecule has 120 valence electrons. The Labute approximate surface area is 128 Å². The van der Waals surface area contributed by atoms with Gasteiger partial charge in [-0.2, -0.15) is 0 Å². The smallest absolute Gasteiger partial charge is 0.126 e. The van der Waals surface area contributed by atoms with E-state index in [1.807, 2.05) is 6.07 Å². The van der Waals surface area contributed by atoms with Crippen LogP contribution in [0.25, 0.3) is 0 Å². The van der Waals surface area contributed by atoms with Gasteiger partial charge in [0.25, 0.3) is 0 Å². The van der Waals surface area contributed by atoms with Crippen LogP contribution in [0.1, 0.15) is 43.9 Å². The van der Waals surface area contributed by atoms with Crippen molar-refractivity contribution in [1.29, 1.82) is 0 Å². The lowest BCUT2D eigenvalue weighted by Crippen LogP contribution is -2.37. The van der Waals surface area contributed by atoms with E-state index in [0.29, 0.717) is 11.6 Å². The summed E-state index contributed by atoms with van der Waals surface area (Å²) in [4.78, 5) is 2.38. The van der Waals surface area contributed by atoms with Crippen molar-refractivity contribution in [3.8, 4) is 0 Å². The van der Waals surface area contributed by atoms with E-state index in [2.05, 4.69) is 18.7 Å². The van der Waals surface area contributed by atoms with Gasteiger partial charge in [-0.3, -0.25) is 4.90 Å². The van der Waals surface area contributed by atoms with Gasteiger partial charge < -0.3 is 10.5 Å². The van der Waals surface area contributed by atoms with E-state index in [1.54, 1.807) is 26.2 Å². The Balaban J connectivity index is 2.59. The Bertz CT molecular complexity index is 425. The average Bonchev–Trinajstić information content (AvgIpc) is 2.49. The van der Waals surface area contributed by atoms with Gasteiger partial charge in [-0.1, -0.05) is 19.1 Å². The second-order valence-electron chi connectivity index (χ2n) is 5.69. The number of hydrogen-bond acceptors (Lipinski definition) is 3. The molecule has 0 aliphatic heterocycles. The lowest BCUT2D eigenvalue weighted by atomic mass is 10.0. The number of nitrogens with zero attached hydrogens (tertiary/aromatic N) is 1. The molecule has 2 unspecified atom stereocenters. The third kappa shape index (κ3) is 5.73. The molecule has 0 fully saturated rings. The number of aryl methyl sites for hydroxylation is 1. The van der Waals surface area contributed by atoms with Crippen LogP contribution in [0.2, 0.25) is 0 Å². The van der Waals surface area contributed by atoms with E-state index in [0.717, 1.165) is 38.1 Å². The predicted octanol–water partition coefficient (Wildman–Crippen LogP) is 3.27. The normalized spacial score (nSPS) is 14.4. The molecule has 3 nitrogen and oxygen atoms in total. The zero-order chi connectivity index (χ0) is 15.8. The summed E-state index contributed by atoms with van der Waals surface area (Å²) in [5.41, 5.74) is 7.74. The van der Waals surface area contributed by atoms with Crippen molar-refractivity contribution in [3.05, 3.63) is 35.1 Å². The van der Waals surface area contributed by atoms with Gasteiger partial charge in [-0.05, 0) is 43.9 Å². The van der Waals surface area contributed by atoms with Crippen molar-refractivity contribution in [2.75, 3.05) is 26.8 Å². The van der Waals surface area contributed by atoms with E-state index in [1.165, 1.54) is 0 Å². The minimum atomic E-state index is -0.180. The van der Waals surface area contributed by atoms with Gasteiger partial charge in [0.05, 0.1) is 6.61 Å². The first-order valence-corrected chi connectivity index (χ1v) is 7.74. The highest BCUT2D eigenvalue weighted by atomic mass is 19.1. The second kappa shape index (κ2) is 9.13. The molecule has 0 saturated heterocycles. The van der Waals surface area contributed by atoms with Crippen molar-refractivity contribution in [3.63, 3.8) is 0 Å². The van der Waals surface area contributed by atoms with Crippen LogP contribution in [-0.4, -0.2) is 37.7 Å². The molecule has 0 aliphatic carbocycles. The van der Waals surface area contributed by atoms with E-state index in [9.17, 15) is 4.39 Å². The summed E-state index contributed by atoms with van der Waals surface area (Å²) in [6.07, 6.45) is 1.91. The number of nitrogens with two attached hydrogens (primary N) is 1. The van der Waals surface area contributed by atoms with Crippen molar-refractivity contribution in [1.82, 2.24) is 4.90 Å². The molecule has 0 saturated carbocycles. The lowest BCUT2D eigenvalue weighted by molar-refractivity contribution is 0.120. The quantitative estimate of drug-likeness (QED) is 0.760. The molecule has 1 aromatic rings. The monoisotopic (exact) mass is 296 g/mol. The highest BCUT2D eigenvalue weighted by molar-refractivity contribution is 5.25. The number of hydrogen-bond donors (Lipinski definition) is 1. The molecule has 2 N–H and O–H groups in total. The van der Waals surface area contributed by atoms with Crippen LogP contribution in [-0.2, 0) is 4.74 Å². The summed E-state index contributed by atoms with van der Waals surface area (Å²) >= 11 is 0. The molecule has 0 radical (unpaired) electrons. The zero-order valence-corrected chi connectivity index (χ0v) is 13.7. The Morgan fingerprint density at radius 3 is 2.62 bits per heavy atom. The topological polar surface area (TPSA) is 38.5 Å². The molecule has 0 aliphatic rings. The Hall–Kier alpha value is -0.970. The lowest BCUT2D eigenvalue weighted by Gasteiger charge is -2.29. The summed E-state index contributed by atoms with van der Waals surface area (Å²) in [7, 11) is 1.72. The van der Waals surface area contributed by atoms with Gasteiger partial charge in [0.2, 0.25) is 0 Å². The minimum Gasteiger partial charge on any atom is -0.383 e. The van der Waals surface area contributed by atoms with E-state index in [4.69, 9.17) is 10.5 Å². The largest absolute Gasteiger partial charge is 0.383 e. The minimum absolute atomic E-state index is 0.130. The number of methoxy groups -OCH3 is 1. The first-order valence-electron chi connectivity index (χ1n) is 7.74. The van der Waals surface area contributed by atoms with E-state index in [-0.39, 0.29) is 11.9 Å². The summed E-state index contributed by atoms with van der Waals surface area (Å²) in [6, 6.07) is 5.65. The Morgan fingerprint density at radius 2 is 2.05 bits per heavy atom. The molecule has 1 rings (SSSR count). The maximum Gasteiger partial charge on any atom is 0.126 e. The van der Waals surface area contributed by atoms with Crippen LogP contribution in [0.4, 0.5) is 4.39 Å². The Kier molecular flexibility index (Phi) is 7.86. The second-order valence-corrected chi connectivity index (χ2v) is 5.69. The third-order valence-corrected chi connectivity index (χ3v) is 4.15. The van der Waals surface area contributed by atoms with E-state index >= 15 is 0 Å². The van der Waals surface area contributed by atoms with Gasteiger partial charge in [0, 0.05) is 32.3 Å². The third-order valence-electron chi connectivity index (χ3n) is 4.15. The standard InChI is InChI=1S/C17H29FN2O/c1-5-14(3)20(10-11-21-4)9-8-17(19)15-7-6-13(2)16(18)12-15/h6-7,12,14,17H,5,8-11,19H2,1-4H3. The number of benzene rings is 1. The maximum absolute atomic E-state index is 13.6. The van der Waals surface area contributed by atoms with Crippen LogP contribution >= 0.6 is 0 Å². The summed E-state index contributed by atoms with van der Waals surface area (Å²) in [5.74, 6) is -0.180. The van der Waals surface area contributed by atoms with Crippen LogP contribution in [0.5, 0.6) is 0 Å². The van der Waals surface area contributed by atoms with Gasteiger partial charge in [-0.15, -0.1) is 0 Å². The van der Waals surface area contributed by atoms with Crippen LogP contribution in [0.15, 0.2) is 18.2 Å². The summed E-state index contributed by atoms with van der Waals surface area (Å²) in [6.45, 7) is 8.68. The number of rotatable bonds is 9. The molecule has 0 aromatic heterocycles. The van der Waals surface area contributed by atoms with Crippen LogP contribution in [0, 0.1) is 12.7 Å². The van der Waals surface area contributed by atoms with Gasteiger partial charge in [-0.25, -0.2) is 4.39 Å². The fourth-order valence-electron chi connectivity index (χ4n) is 2.33. The first kappa shape index (κ1) is 18.1. The van der Waals surface area contributed by atoms with Gasteiger partial charge in [0.15, 0.2) is 0 Å². The van der Waals surface area contributed by atoms with E-state index < -0.39 is 0 Å². The van der Waals surface area contributed by atoms with Crippen molar-refractivity contribution in [2.45, 2.75) is 45.7 Å². The Morgan fingerprint density at radius 1 is 1.33 bits per heavy atom. The van der Waals surface area contributed by atoms with Crippen molar-refractivity contribution < 1.29 is 9.13 Å². The fourth-order valence-corrected chi connectivity index (χ4v) is 2.33. The zero-order valence-electron chi connectivity index (χ0n) is 13.7. The fraction of sp³-hybridized carbons (Fsp3) is 0.647. The van der Waals surface area contributed by atoms with Crippen LogP contribution < -0.4 is 5.73 Å².